The normalized spacial score (nSPS) is 15.3. The van der Waals surface area contributed by atoms with E-state index in [1.54, 1.807) is 23.2 Å². The molecule has 0 N–H and O–H groups in total. The highest BCUT2D eigenvalue weighted by molar-refractivity contribution is 7.21. The molecule has 1 aliphatic heterocycles. The fourth-order valence-electron chi connectivity index (χ4n) is 3.21. The second-order valence-electron chi connectivity index (χ2n) is 6.27. The molecule has 0 spiro atoms. The van der Waals surface area contributed by atoms with Crippen molar-refractivity contribution in [3.63, 3.8) is 0 Å². The summed E-state index contributed by atoms with van der Waals surface area (Å²) in [6.07, 6.45) is 2.50. The summed E-state index contributed by atoms with van der Waals surface area (Å²) in [7, 11) is 0. The van der Waals surface area contributed by atoms with E-state index in [1.165, 1.54) is 11.3 Å². The maximum atomic E-state index is 13.0. The van der Waals surface area contributed by atoms with E-state index in [9.17, 15) is 14.7 Å². The molecule has 6 nitrogen and oxygen atoms in total. The van der Waals surface area contributed by atoms with E-state index >= 15 is 0 Å². The minimum atomic E-state index is -1.03. The van der Waals surface area contributed by atoms with Gasteiger partial charge in [0.05, 0.1) is 15.8 Å². The standard InChI is InChI=1S/C19H17N3O3S/c23-18(22-10-7-12(8-11-22)19(24)25)13-4-3-9-20-16(13)17-21-14-5-1-2-6-15(14)26-17/h1-6,9,12H,7-8,10-11H2,(H,24,25)/p-1. The van der Waals surface area contributed by atoms with Gasteiger partial charge in [0, 0.05) is 31.2 Å². The number of carboxylic acids is 1. The first-order chi connectivity index (χ1) is 12.6. The molecule has 1 fully saturated rings. The molecule has 0 saturated carbocycles. The quantitative estimate of drug-likeness (QED) is 0.707. The average molecular weight is 366 g/mol. The Hall–Kier alpha value is -2.80. The zero-order chi connectivity index (χ0) is 18.1. The summed E-state index contributed by atoms with van der Waals surface area (Å²) < 4.78 is 1.04. The molecule has 132 valence electrons. The van der Waals surface area contributed by atoms with Crippen molar-refractivity contribution in [3.8, 4) is 10.7 Å². The van der Waals surface area contributed by atoms with Gasteiger partial charge in [0.25, 0.3) is 5.91 Å². The molecule has 0 radical (unpaired) electrons. The van der Waals surface area contributed by atoms with Crippen molar-refractivity contribution < 1.29 is 14.7 Å². The number of hydrogen-bond acceptors (Lipinski definition) is 6. The average Bonchev–Trinajstić information content (AvgIpc) is 3.11. The molecule has 0 bridgehead atoms. The van der Waals surface area contributed by atoms with Crippen LogP contribution in [0.25, 0.3) is 20.9 Å². The minimum Gasteiger partial charge on any atom is -0.550 e. The van der Waals surface area contributed by atoms with E-state index in [0.29, 0.717) is 42.2 Å². The molecule has 0 atom stereocenters. The van der Waals surface area contributed by atoms with Crippen molar-refractivity contribution in [1.82, 2.24) is 14.9 Å². The van der Waals surface area contributed by atoms with Crippen LogP contribution in [-0.4, -0.2) is 39.8 Å². The number of thiazole rings is 1. The second kappa shape index (κ2) is 6.84. The highest BCUT2D eigenvalue weighted by atomic mass is 32.1. The number of pyridine rings is 1. The summed E-state index contributed by atoms with van der Waals surface area (Å²) in [5.74, 6) is -1.64. The predicted octanol–water partition coefficient (Wildman–Crippen LogP) is 1.96. The van der Waals surface area contributed by atoms with Crippen LogP contribution >= 0.6 is 11.3 Å². The predicted molar refractivity (Wildman–Crippen MR) is 96.5 cm³/mol. The summed E-state index contributed by atoms with van der Waals surface area (Å²) in [6.45, 7) is 0.817. The molecule has 1 saturated heterocycles. The number of rotatable bonds is 3. The van der Waals surface area contributed by atoms with Crippen LogP contribution < -0.4 is 5.11 Å². The minimum absolute atomic E-state index is 0.135. The third kappa shape index (κ3) is 3.06. The molecule has 0 aliphatic carbocycles. The molecular weight excluding hydrogens is 350 g/mol. The van der Waals surface area contributed by atoms with Crippen molar-refractivity contribution in [2.24, 2.45) is 5.92 Å². The van der Waals surface area contributed by atoms with Crippen molar-refractivity contribution in [3.05, 3.63) is 48.2 Å². The molecule has 1 aromatic carbocycles. The zero-order valence-electron chi connectivity index (χ0n) is 13.9. The number of benzene rings is 1. The number of carbonyl (C=O) groups is 2. The van der Waals surface area contributed by atoms with Gasteiger partial charge in [0.15, 0.2) is 0 Å². The van der Waals surface area contributed by atoms with E-state index in [2.05, 4.69) is 9.97 Å². The Bertz CT molecular complexity index is 944. The van der Waals surface area contributed by atoms with Gasteiger partial charge in [0.2, 0.25) is 0 Å². The molecule has 0 unspecified atom stereocenters. The lowest BCUT2D eigenvalue weighted by atomic mass is 9.96. The number of amides is 1. The number of likely N-dealkylation sites (tertiary alicyclic amines) is 1. The van der Waals surface area contributed by atoms with Crippen molar-refractivity contribution in [2.75, 3.05) is 13.1 Å². The fourth-order valence-corrected chi connectivity index (χ4v) is 4.19. The van der Waals surface area contributed by atoms with Gasteiger partial charge < -0.3 is 14.8 Å². The number of piperidine rings is 1. The van der Waals surface area contributed by atoms with Crippen LogP contribution in [0.5, 0.6) is 0 Å². The van der Waals surface area contributed by atoms with E-state index in [4.69, 9.17) is 0 Å². The van der Waals surface area contributed by atoms with Gasteiger partial charge in [-0.1, -0.05) is 12.1 Å². The van der Waals surface area contributed by atoms with Crippen LogP contribution in [-0.2, 0) is 4.79 Å². The smallest absolute Gasteiger partial charge is 0.256 e. The number of aromatic nitrogens is 2. The Morgan fingerprint density at radius 3 is 2.62 bits per heavy atom. The maximum absolute atomic E-state index is 13.0. The van der Waals surface area contributed by atoms with Gasteiger partial charge in [-0.15, -0.1) is 11.3 Å². The largest absolute Gasteiger partial charge is 0.550 e. The number of para-hydroxylation sites is 1. The first-order valence-corrected chi connectivity index (χ1v) is 9.26. The first kappa shape index (κ1) is 16.7. The number of carbonyl (C=O) groups excluding carboxylic acids is 2. The lowest BCUT2D eigenvalue weighted by Gasteiger charge is -2.32. The number of fused-ring (bicyclic) bond motifs is 1. The third-order valence-electron chi connectivity index (χ3n) is 4.65. The highest BCUT2D eigenvalue weighted by Gasteiger charge is 2.26. The molecule has 3 heterocycles. The SMILES string of the molecule is O=C([O-])C1CCN(C(=O)c2cccnc2-c2nc3ccccc3s2)CC1. The van der Waals surface area contributed by atoms with E-state index < -0.39 is 11.9 Å². The fraction of sp³-hybridized carbons (Fsp3) is 0.263. The summed E-state index contributed by atoms with van der Waals surface area (Å²) in [5.41, 5.74) is 1.95. The molecule has 1 amide bonds. The summed E-state index contributed by atoms with van der Waals surface area (Å²) in [6, 6.07) is 11.3. The van der Waals surface area contributed by atoms with Crippen LogP contribution in [0.1, 0.15) is 23.2 Å². The summed E-state index contributed by atoms with van der Waals surface area (Å²) in [4.78, 5) is 34.7. The molecule has 7 heteroatoms. The number of nitrogens with zero attached hydrogens (tertiary/aromatic N) is 3. The molecule has 4 rings (SSSR count). The van der Waals surface area contributed by atoms with Gasteiger partial charge in [-0.3, -0.25) is 9.78 Å². The van der Waals surface area contributed by atoms with E-state index in [-0.39, 0.29) is 5.91 Å². The maximum Gasteiger partial charge on any atom is 0.256 e. The Morgan fingerprint density at radius 2 is 1.88 bits per heavy atom. The van der Waals surface area contributed by atoms with Crippen LogP contribution in [0.4, 0.5) is 0 Å². The van der Waals surface area contributed by atoms with Crippen LogP contribution in [0, 0.1) is 5.92 Å². The van der Waals surface area contributed by atoms with Gasteiger partial charge in [-0.05, 0) is 37.1 Å². The van der Waals surface area contributed by atoms with E-state index in [0.717, 1.165) is 10.2 Å². The van der Waals surface area contributed by atoms with Gasteiger partial charge in [-0.25, -0.2) is 4.98 Å². The number of hydrogen-bond donors (Lipinski definition) is 0. The van der Waals surface area contributed by atoms with Gasteiger partial charge in [0.1, 0.15) is 10.7 Å². The number of carboxylic acid groups (broad SMARTS) is 1. The first-order valence-electron chi connectivity index (χ1n) is 8.44. The molecule has 2 aromatic heterocycles. The van der Waals surface area contributed by atoms with Crippen LogP contribution in [0.15, 0.2) is 42.6 Å². The Kier molecular flexibility index (Phi) is 4.38. The lowest BCUT2D eigenvalue weighted by Crippen LogP contribution is -2.43. The second-order valence-corrected chi connectivity index (χ2v) is 7.30. The third-order valence-corrected chi connectivity index (χ3v) is 5.69. The Labute approximate surface area is 154 Å². The van der Waals surface area contributed by atoms with Gasteiger partial charge >= 0.3 is 0 Å². The summed E-state index contributed by atoms with van der Waals surface area (Å²) in [5, 5.41) is 11.7. The van der Waals surface area contributed by atoms with Crippen LogP contribution in [0.2, 0.25) is 0 Å². The van der Waals surface area contributed by atoms with Crippen molar-refractivity contribution in [2.45, 2.75) is 12.8 Å². The number of aliphatic carboxylic acids is 1. The molecule has 3 aromatic rings. The highest BCUT2D eigenvalue weighted by Crippen LogP contribution is 2.31. The van der Waals surface area contributed by atoms with Gasteiger partial charge in [-0.2, -0.15) is 0 Å². The van der Waals surface area contributed by atoms with Crippen molar-refractivity contribution >= 4 is 33.4 Å². The van der Waals surface area contributed by atoms with E-state index in [1.807, 2.05) is 24.3 Å². The topological polar surface area (TPSA) is 86.2 Å². The molecule has 26 heavy (non-hydrogen) atoms. The summed E-state index contributed by atoms with van der Waals surface area (Å²) >= 11 is 1.50. The van der Waals surface area contributed by atoms with Crippen molar-refractivity contribution in [1.29, 1.82) is 0 Å². The lowest BCUT2D eigenvalue weighted by molar-refractivity contribution is -0.312. The monoisotopic (exact) mass is 366 g/mol. The Balaban J connectivity index is 1.63. The molecule has 1 aliphatic rings. The van der Waals surface area contributed by atoms with Crippen LogP contribution in [0.3, 0.4) is 0 Å². The molecular formula is C19H16N3O3S-. The zero-order valence-corrected chi connectivity index (χ0v) is 14.7. The Morgan fingerprint density at radius 1 is 1.12 bits per heavy atom.